The molecule has 3 rings (SSSR count). The Morgan fingerprint density at radius 3 is 2.81 bits per heavy atom. The summed E-state index contributed by atoms with van der Waals surface area (Å²) in [5.74, 6) is -0.537. The van der Waals surface area contributed by atoms with Gasteiger partial charge >= 0.3 is 12.0 Å². The van der Waals surface area contributed by atoms with E-state index < -0.39 is 24.0 Å². The molecule has 2 atom stereocenters. The SMILES string of the molecule is O=C(Nc1ccc2c(c1)OCO2)NC1COCC1C(=O)O. The first-order chi connectivity index (χ1) is 10.1. The molecule has 1 fully saturated rings. The molecule has 0 bridgehead atoms. The number of carboxylic acids is 1. The maximum absolute atomic E-state index is 11.9. The zero-order chi connectivity index (χ0) is 14.8. The van der Waals surface area contributed by atoms with Crippen LogP contribution in [0.3, 0.4) is 0 Å². The van der Waals surface area contributed by atoms with Gasteiger partial charge < -0.3 is 30.0 Å². The summed E-state index contributed by atoms with van der Waals surface area (Å²) in [6, 6.07) is 3.97. The van der Waals surface area contributed by atoms with Crippen LogP contribution in [0.15, 0.2) is 18.2 Å². The number of anilines is 1. The number of carbonyl (C=O) groups is 2. The Bertz CT molecular complexity index is 576. The maximum atomic E-state index is 11.9. The number of benzene rings is 1. The molecule has 2 heterocycles. The second kappa shape index (κ2) is 5.49. The molecule has 8 nitrogen and oxygen atoms in total. The minimum absolute atomic E-state index is 0.101. The van der Waals surface area contributed by atoms with Gasteiger partial charge in [-0.3, -0.25) is 4.79 Å². The zero-order valence-electron chi connectivity index (χ0n) is 11.0. The first-order valence-electron chi connectivity index (χ1n) is 6.41. The summed E-state index contributed by atoms with van der Waals surface area (Å²) in [5, 5.41) is 14.2. The number of hydrogen-bond donors (Lipinski definition) is 3. The second-order valence-electron chi connectivity index (χ2n) is 4.76. The van der Waals surface area contributed by atoms with E-state index in [1.807, 2.05) is 0 Å². The fraction of sp³-hybridized carbons (Fsp3) is 0.385. The molecule has 0 radical (unpaired) electrons. The lowest BCUT2D eigenvalue weighted by atomic mass is 10.0. The molecule has 2 unspecified atom stereocenters. The molecular formula is C13H14N2O6. The van der Waals surface area contributed by atoms with Gasteiger partial charge in [-0.2, -0.15) is 0 Å². The van der Waals surface area contributed by atoms with Crippen molar-refractivity contribution in [1.82, 2.24) is 5.32 Å². The van der Waals surface area contributed by atoms with E-state index in [9.17, 15) is 9.59 Å². The highest BCUT2D eigenvalue weighted by atomic mass is 16.7. The predicted molar refractivity (Wildman–Crippen MR) is 70.5 cm³/mol. The molecule has 0 aliphatic carbocycles. The number of carboxylic acid groups (broad SMARTS) is 1. The number of urea groups is 1. The largest absolute Gasteiger partial charge is 0.481 e. The average molecular weight is 294 g/mol. The number of ether oxygens (including phenoxy) is 3. The zero-order valence-corrected chi connectivity index (χ0v) is 11.0. The van der Waals surface area contributed by atoms with Crippen molar-refractivity contribution in [3.05, 3.63) is 18.2 Å². The highest BCUT2D eigenvalue weighted by molar-refractivity contribution is 5.90. The van der Waals surface area contributed by atoms with Gasteiger partial charge in [0.05, 0.1) is 19.3 Å². The standard InChI is InChI=1S/C13H14N2O6/c16-12(17)8-4-19-5-9(8)15-13(18)14-7-1-2-10-11(3-7)21-6-20-10/h1-3,8-9H,4-6H2,(H,16,17)(H2,14,15,18). The molecular weight excluding hydrogens is 280 g/mol. The number of fused-ring (bicyclic) bond motifs is 1. The highest BCUT2D eigenvalue weighted by Crippen LogP contribution is 2.34. The lowest BCUT2D eigenvalue weighted by Gasteiger charge is -2.16. The molecule has 8 heteroatoms. The highest BCUT2D eigenvalue weighted by Gasteiger charge is 2.35. The van der Waals surface area contributed by atoms with Crippen molar-refractivity contribution in [3.63, 3.8) is 0 Å². The Kier molecular flexibility index (Phi) is 3.53. The number of amides is 2. The summed E-state index contributed by atoms with van der Waals surface area (Å²) in [4.78, 5) is 22.9. The average Bonchev–Trinajstić information content (AvgIpc) is 3.06. The van der Waals surface area contributed by atoms with Crippen molar-refractivity contribution in [1.29, 1.82) is 0 Å². The van der Waals surface area contributed by atoms with Crippen molar-refractivity contribution in [2.75, 3.05) is 25.3 Å². The first kappa shape index (κ1) is 13.5. The first-order valence-corrected chi connectivity index (χ1v) is 6.41. The lowest BCUT2D eigenvalue weighted by molar-refractivity contribution is -0.142. The number of nitrogens with one attached hydrogen (secondary N) is 2. The predicted octanol–water partition coefficient (Wildman–Crippen LogP) is 0.636. The summed E-state index contributed by atoms with van der Waals surface area (Å²) >= 11 is 0. The fourth-order valence-corrected chi connectivity index (χ4v) is 2.25. The molecule has 2 aliphatic rings. The molecule has 21 heavy (non-hydrogen) atoms. The number of carbonyl (C=O) groups excluding carboxylic acids is 1. The van der Waals surface area contributed by atoms with Crippen LogP contribution in [0.1, 0.15) is 0 Å². The normalized spacial score (nSPS) is 22.9. The van der Waals surface area contributed by atoms with Crippen molar-refractivity contribution in [2.45, 2.75) is 6.04 Å². The van der Waals surface area contributed by atoms with Crippen LogP contribution in [0.5, 0.6) is 11.5 Å². The van der Waals surface area contributed by atoms with Crippen LogP contribution in [-0.4, -0.2) is 43.2 Å². The van der Waals surface area contributed by atoms with Crippen LogP contribution >= 0.6 is 0 Å². The number of hydrogen-bond acceptors (Lipinski definition) is 5. The topological polar surface area (TPSA) is 106 Å². The van der Waals surface area contributed by atoms with Crippen LogP contribution < -0.4 is 20.1 Å². The summed E-state index contributed by atoms with van der Waals surface area (Å²) in [6.07, 6.45) is 0. The van der Waals surface area contributed by atoms with E-state index in [-0.39, 0.29) is 20.0 Å². The Morgan fingerprint density at radius 2 is 2.00 bits per heavy atom. The fourth-order valence-electron chi connectivity index (χ4n) is 2.25. The summed E-state index contributed by atoms with van der Waals surface area (Å²) < 4.78 is 15.5. The van der Waals surface area contributed by atoms with Crippen molar-refractivity contribution in [3.8, 4) is 11.5 Å². The summed E-state index contributed by atoms with van der Waals surface area (Å²) in [5.41, 5.74) is 0.530. The minimum Gasteiger partial charge on any atom is -0.481 e. The van der Waals surface area contributed by atoms with Crippen LogP contribution in [0, 0.1) is 5.92 Å². The quantitative estimate of drug-likeness (QED) is 0.755. The minimum atomic E-state index is -0.985. The van der Waals surface area contributed by atoms with Crippen molar-refractivity contribution >= 4 is 17.7 Å². The van der Waals surface area contributed by atoms with E-state index >= 15 is 0 Å². The van der Waals surface area contributed by atoms with E-state index in [2.05, 4.69) is 10.6 Å². The molecule has 0 aromatic heterocycles. The van der Waals surface area contributed by atoms with E-state index in [0.717, 1.165) is 0 Å². The Hall–Kier alpha value is -2.48. The maximum Gasteiger partial charge on any atom is 0.319 e. The van der Waals surface area contributed by atoms with Gasteiger partial charge in [0.25, 0.3) is 0 Å². The van der Waals surface area contributed by atoms with Crippen LogP contribution in [0.4, 0.5) is 10.5 Å². The van der Waals surface area contributed by atoms with Gasteiger partial charge in [0.1, 0.15) is 5.92 Å². The van der Waals surface area contributed by atoms with E-state index in [0.29, 0.717) is 17.2 Å². The smallest absolute Gasteiger partial charge is 0.319 e. The Morgan fingerprint density at radius 1 is 1.19 bits per heavy atom. The van der Waals surface area contributed by atoms with Crippen molar-refractivity contribution in [2.24, 2.45) is 5.92 Å². The number of rotatable bonds is 3. The Labute approximate surface area is 120 Å². The molecule has 2 amide bonds. The third-order valence-corrected chi connectivity index (χ3v) is 3.34. The van der Waals surface area contributed by atoms with Crippen LogP contribution in [-0.2, 0) is 9.53 Å². The summed E-state index contributed by atoms with van der Waals surface area (Å²) in [6.45, 7) is 0.445. The molecule has 1 aromatic carbocycles. The second-order valence-corrected chi connectivity index (χ2v) is 4.76. The van der Waals surface area contributed by atoms with E-state index in [4.69, 9.17) is 19.3 Å². The lowest BCUT2D eigenvalue weighted by Crippen LogP contribution is -2.44. The number of aliphatic carboxylic acids is 1. The van der Waals surface area contributed by atoms with Crippen molar-refractivity contribution < 1.29 is 28.9 Å². The van der Waals surface area contributed by atoms with Gasteiger partial charge in [0, 0.05) is 11.8 Å². The van der Waals surface area contributed by atoms with Gasteiger partial charge in [0.15, 0.2) is 11.5 Å². The van der Waals surface area contributed by atoms with E-state index in [1.54, 1.807) is 18.2 Å². The Balaban J connectivity index is 1.60. The molecule has 3 N–H and O–H groups in total. The molecule has 1 aromatic rings. The van der Waals surface area contributed by atoms with Gasteiger partial charge in [-0.15, -0.1) is 0 Å². The van der Waals surface area contributed by atoms with Gasteiger partial charge in [-0.1, -0.05) is 0 Å². The van der Waals surface area contributed by atoms with Gasteiger partial charge in [-0.25, -0.2) is 4.79 Å². The molecule has 0 spiro atoms. The van der Waals surface area contributed by atoms with E-state index in [1.165, 1.54) is 0 Å². The third kappa shape index (κ3) is 2.84. The third-order valence-electron chi connectivity index (χ3n) is 3.34. The monoisotopic (exact) mass is 294 g/mol. The molecule has 1 saturated heterocycles. The molecule has 2 aliphatic heterocycles. The molecule has 112 valence electrons. The van der Waals surface area contributed by atoms with Crippen LogP contribution in [0.25, 0.3) is 0 Å². The molecule has 0 saturated carbocycles. The van der Waals surface area contributed by atoms with Crippen LogP contribution in [0.2, 0.25) is 0 Å². The summed E-state index contributed by atoms with van der Waals surface area (Å²) in [7, 11) is 0. The van der Waals surface area contributed by atoms with Gasteiger partial charge in [0.2, 0.25) is 6.79 Å². The van der Waals surface area contributed by atoms with Gasteiger partial charge in [-0.05, 0) is 12.1 Å².